The summed E-state index contributed by atoms with van der Waals surface area (Å²) in [6.45, 7) is 9.61. The normalized spacial score (nSPS) is 11.1. The second-order valence-corrected chi connectivity index (χ2v) is 6.38. The summed E-state index contributed by atoms with van der Waals surface area (Å²) in [6, 6.07) is 9.64. The molecule has 5 nitrogen and oxygen atoms in total. The molecule has 2 rings (SSSR count). The predicted octanol–water partition coefficient (Wildman–Crippen LogP) is 3.37. The van der Waals surface area contributed by atoms with E-state index < -0.39 is 0 Å². The molecule has 0 saturated carbocycles. The lowest BCUT2D eigenvalue weighted by molar-refractivity contribution is 0.0914. The molecule has 0 aliphatic heterocycles. The Bertz CT molecular complexity index is 689. The van der Waals surface area contributed by atoms with E-state index in [0.717, 1.165) is 11.3 Å². The van der Waals surface area contributed by atoms with Crippen LogP contribution in [0.1, 0.15) is 42.6 Å². The molecule has 1 heterocycles. The summed E-state index contributed by atoms with van der Waals surface area (Å²) in [5.41, 5.74) is 2.14. The summed E-state index contributed by atoms with van der Waals surface area (Å²) in [5.74, 6) is 0.958. The van der Waals surface area contributed by atoms with E-state index >= 15 is 0 Å². The third kappa shape index (κ3) is 4.55. The van der Waals surface area contributed by atoms with Crippen molar-refractivity contribution >= 4 is 17.4 Å². The Morgan fingerprint density at radius 2 is 1.82 bits per heavy atom. The zero-order valence-electron chi connectivity index (χ0n) is 13.7. The van der Waals surface area contributed by atoms with Crippen molar-refractivity contribution in [3.05, 3.63) is 47.4 Å². The van der Waals surface area contributed by atoms with Crippen LogP contribution in [0.5, 0.6) is 0 Å². The van der Waals surface area contributed by atoms with Crippen LogP contribution >= 0.6 is 0 Å². The molecule has 1 amide bonds. The van der Waals surface area contributed by atoms with E-state index in [2.05, 4.69) is 20.6 Å². The van der Waals surface area contributed by atoms with Gasteiger partial charge in [0.15, 0.2) is 0 Å². The number of carbonyl (C=O) groups excluding carboxylic acids is 1. The fraction of sp³-hybridized carbons (Fsp3) is 0.353. The molecular weight excluding hydrogens is 276 g/mol. The van der Waals surface area contributed by atoms with Crippen LogP contribution in [0.3, 0.4) is 0 Å². The predicted molar refractivity (Wildman–Crippen MR) is 88.4 cm³/mol. The number of nitrogens with zero attached hydrogens (tertiary/aromatic N) is 2. The molecule has 1 aromatic carbocycles. The van der Waals surface area contributed by atoms with Crippen molar-refractivity contribution < 1.29 is 4.79 Å². The van der Waals surface area contributed by atoms with Crippen LogP contribution in [0.25, 0.3) is 0 Å². The molecule has 116 valence electrons. The SMILES string of the molecule is Cc1cccc(Nc2cc(C(=O)NC(C)(C)C)nc(C)n2)c1. The number of rotatable bonds is 3. The first-order valence-electron chi connectivity index (χ1n) is 7.25. The van der Waals surface area contributed by atoms with Gasteiger partial charge in [-0.2, -0.15) is 0 Å². The topological polar surface area (TPSA) is 66.9 Å². The van der Waals surface area contributed by atoms with Crippen molar-refractivity contribution in [2.24, 2.45) is 0 Å². The summed E-state index contributed by atoms with van der Waals surface area (Å²) in [7, 11) is 0. The van der Waals surface area contributed by atoms with Crippen molar-refractivity contribution in [3.8, 4) is 0 Å². The van der Waals surface area contributed by atoms with Gasteiger partial charge < -0.3 is 10.6 Å². The Hall–Kier alpha value is -2.43. The van der Waals surface area contributed by atoms with E-state index in [1.807, 2.05) is 52.0 Å². The van der Waals surface area contributed by atoms with Crippen molar-refractivity contribution in [1.29, 1.82) is 0 Å². The van der Waals surface area contributed by atoms with Gasteiger partial charge in [0.2, 0.25) is 0 Å². The maximum Gasteiger partial charge on any atom is 0.270 e. The highest BCUT2D eigenvalue weighted by atomic mass is 16.2. The number of nitrogens with one attached hydrogen (secondary N) is 2. The molecule has 0 aliphatic carbocycles. The Kier molecular flexibility index (Phi) is 4.45. The third-order valence-electron chi connectivity index (χ3n) is 2.85. The number of aromatic nitrogens is 2. The summed E-state index contributed by atoms with van der Waals surface area (Å²) >= 11 is 0. The lowest BCUT2D eigenvalue weighted by atomic mass is 10.1. The van der Waals surface area contributed by atoms with Crippen molar-refractivity contribution in [2.75, 3.05) is 5.32 Å². The summed E-state index contributed by atoms with van der Waals surface area (Å²) < 4.78 is 0. The van der Waals surface area contributed by atoms with Crippen LogP contribution in [0.4, 0.5) is 11.5 Å². The largest absolute Gasteiger partial charge is 0.346 e. The molecule has 2 N–H and O–H groups in total. The second-order valence-electron chi connectivity index (χ2n) is 6.38. The molecule has 1 aromatic heterocycles. The zero-order chi connectivity index (χ0) is 16.3. The molecule has 5 heteroatoms. The first kappa shape index (κ1) is 15.9. The van der Waals surface area contributed by atoms with Crippen LogP contribution < -0.4 is 10.6 Å². The van der Waals surface area contributed by atoms with Gasteiger partial charge >= 0.3 is 0 Å². The average Bonchev–Trinajstić information content (AvgIpc) is 2.36. The molecule has 0 spiro atoms. The molecule has 0 radical (unpaired) electrons. The van der Waals surface area contributed by atoms with Gasteiger partial charge in [0.1, 0.15) is 17.3 Å². The fourth-order valence-corrected chi connectivity index (χ4v) is 2.02. The smallest absolute Gasteiger partial charge is 0.270 e. The van der Waals surface area contributed by atoms with Crippen LogP contribution in [0.2, 0.25) is 0 Å². The molecule has 0 atom stereocenters. The monoisotopic (exact) mass is 298 g/mol. The van der Waals surface area contributed by atoms with Crippen molar-refractivity contribution in [3.63, 3.8) is 0 Å². The molecule has 0 aliphatic rings. The van der Waals surface area contributed by atoms with Gasteiger partial charge in [-0.15, -0.1) is 0 Å². The lowest BCUT2D eigenvalue weighted by Crippen LogP contribution is -2.41. The highest BCUT2D eigenvalue weighted by Gasteiger charge is 2.17. The third-order valence-corrected chi connectivity index (χ3v) is 2.85. The molecule has 2 aromatic rings. The number of hydrogen-bond acceptors (Lipinski definition) is 4. The number of carbonyl (C=O) groups is 1. The number of benzene rings is 1. The van der Waals surface area contributed by atoms with E-state index in [-0.39, 0.29) is 11.4 Å². The molecule has 0 fully saturated rings. The quantitative estimate of drug-likeness (QED) is 0.911. The maximum atomic E-state index is 12.2. The Morgan fingerprint density at radius 1 is 1.09 bits per heavy atom. The van der Waals surface area contributed by atoms with E-state index in [9.17, 15) is 4.79 Å². The highest BCUT2D eigenvalue weighted by molar-refractivity contribution is 5.93. The minimum atomic E-state index is -0.305. The van der Waals surface area contributed by atoms with Gasteiger partial charge in [0, 0.05) is 17.3 Å². The zero-order valence-corrected chi connectivity index (χ0v) is 13.7. The molecule has 22 heavy (non-hydrogen) atoms. The van der Waals surface area contributed by atoms with E-state index in [4.69, 9.17) is 0 Å². The summed E-state index contributed by atoms with van der Waals surface area (Å²) in [6.07, 6.45) is 0. The van der Waals surface area contributed by atoms with Gasteiger partial charge in [0.25, 0.3) is 5.91 Å². The minimum absolute atomic E-state index is 0.203. The molecule has 0 bridgehead atoms. The standard InChI is InChI=1S/C17H22N4O/c1-11-7-6-8-13(9-11)20-15-10-14(18-12(2)19-15)16(22)21-17(3,4)5/h6-10H,1-5H3,(H,21,22)(H,18,19,20). The fourth-order valence-electron chi connectivity index (χ4n) is 2.02. The Morgan fingerprint density at radius 3 is 2.45 bits per heavy atom. The average molecular weight is 298 g/mol. The van der Waals surface area contributed by atoms with Crippen LogP contribution in [0.15, 0.2) is 30.3 Å². The Balaban J connectivity index is 2.25. The molecule has 0 unspecified atom stereocenters. The number of amides is 1. The van der Waals surface area contributed by atoms with E-state index in [1.54, 1.807) is 13.0 Å². The molecule has 0 saturated heterocycles. The highest BCUT2D eigenvalue weighted by Crippen LogP contribution is 2.17. The number of anilines is 2. The van der Waals surface area contributed by atoms with Gasteiger partial charge in [-0.05, 0) is 52.3 Å². The van der Waals surface area contributed by atoms with E-state index in [1.165, 1.54) is 0 Å². The van der Waals surface area contributed by atoms with E-state index in [0.29, 0.717) is 17.3 Å². The summed E-state index contributed by atoms with van der Waals surface area (Å²) in [5, 5.41) is 6.12. The Labute approximate surface area is 131 Å². The first-order valence-corrected chi connectivity index (χ1v) is 7.25. The second kappa shape index (κ2) is 6.13. The lowest BCUT2D eigenvalue weighted by Gasteiger charge is -2.20. The molecular formula is C17H22N4O. The van der Waals surface area contributed by atoms with Crippen LogP contribution in [0, 0.1) is 13.8 Å². The van der Waals surface area contributed by atoms with Gasteiger partial charge in [-0.3, -0.25) is 4.79 Å². The van der Waals surface area contributed by atoms with Crippen LogP contribution in [-0.4, -0.2) is 21.4 Å². The van der Waals surface area contributed by atoms with Gasteiger partial charge in [0.05, 0.1) is 0 Å². The first-order chi connectivity index (χ1) is 10.2. The summed E-state index contributed by atoms with van der Waals surface area (Å²) in [4.78, 5) is 20.8. The maximum absolute atomic E-state index is 12.2. The number of aryl methyl sites for hydroxylation is 2. The minimum Gasteiger partial charge on any atom is -0.346 e. The van der Waals surface area contributed by atoms with Crippen LogP contribution in [-0.2, 0) is 0 Å². The van der Waals surface area contributed by atoms with Gasteiger partial charge in [-0.25, -0.2) is 9.97 Å². The number of hydrogen-bond donors (Lipinski definition) is 2. The van der Waals surface area contributed by atoms with Crippen molar-refractivity contribution in [1.82, 2.24) is 15.3 Å². The van der Waals surface area contributed by atoms with Crippen molar-refractivity contribution in [2.45, 2.75) is 40.2 Å². The van der Waals surface area contributed by atoms with Gasteiger partial charge in [-0.1, -0.05) is 12.1 Å².